The van der Waals surface area contributed by atoms with E-state index in [1.165, 1.54) is 14.2 Å². The minimum absolute atomic E-state index is 0.0907. The second-order valence-corrected chi connectivity index (χ2v) is 12.9. The minimum Gasteiger partial charge on any atom is -0.468 e. The molecule has 3 aliphatic rings. The van der Waals surface area contributed by atoms with Gasteiger partial charge in [0.2, 0.25) is 0 Å². The maximum absolute atomic E-state index is 13.7. The number of rotatable bonds is 10. The Morgan fingerprint density at radius 1 is 0.667 bits per heavy atom. The summed E-state index contributed by atoms with van der Waals surface area (Å²) in [5.74, 6) is -4.91. The van der Waals surface area contributed by atoms with E-state index < -0.39 is 46.2 Å². The van der Waals surface area contributed by atoms with Crippen molar-refractivity contribution in [3.8, 4) is 0 Å². The molecular weight excluding hydrogens is 540 g/mol. The molecule has 1 aliphatic heterocycles. The average molecular weight is 587 g/mol. The number of allylic oxidation sites excluding steroid dienone is 4. The van der Waals surface area contributed by atoms with Crippen molar-refractivity contribution in [2.45, 2.75) is 80.1 Å². The Morgan fingerprint density at radius 2 is 0.976 bits per heavy atom. The van der Waals surface area contributed by atoms with E-state index in [1.54, 1.807) is 0 Å². The van der Waals surface area contributed by atoms with Crippen molar-refractivity contribution in [3.05, 3.63) is 22.5 Å². The largest absolute Gasteiger partial charge is 0.468 e. The molecule has 0 unspecified atom stereocenters. The molecule has 0 aromatic heterocycles. The highest BCUT2D eigenvalue weighted by Gasteiger charge is 2.52. The maximum atomic E-state index is 13.7. The Morgan fingerprint density at radius 3 is 1.24 bits per heavy atom. The van der Waals surface area contributed by atoms with Crippen LogP contribution in [0.1, 0.15) is 80.1 Å². The van der Waals surface area contributed by atoms with Gasteiger partial charge in [-0.05, 0) is 36.5 Å². The van der Waals surface area contributed by atoms with E-state index in [9.17, 15) is 28.8 Å². The molecule has 3 rings (SSSR count). The molecule has 0 spiro atoms. The lowest BCUT2D eigenvalue weighted by Gasteiger charge is -2.47. The van der Waals surface area contributed by atoms with Gasteiger partial charge in [0.15, 0.2) is 23.1 Å². The van der Waals surface area contributed by atoms with Crippen molar-refractivity contribution in [1.82, 2.24) is 9.80 Å². The molecule has 0 aromatic rings. The minimum atomic E-state index is -1.06. The molecular formula is C32H46N2O8. The van der Waals surface area contributed by atoms with Crippen molar-refractivity contribution >= 4 is 35.1 Å². The van der Waals surface area contributed by atoms with E-state index >= 15 is 0 Å². The number of ketones is 4. The first-order valence-electron chi connectivity index (χ1n) is 14.9. The summed E-state index contributed by atoms with van der Waals surface area (Å²) in [6.45, 7) is 12.9. The summed E-state index contributed by atoms with van der Waals surface area (Å²) in [5.41, 5.74) is -0.0357. The molecule has 10 heteroatoms. The zero-order valence-electron chi connectivity index (χ0n) is 26.4. The Hall–Kier alpha value is -3.30. The van der Waals surface area contributed by atoms with Crippen LogP contribution < -0.4 is 0 Å². The van der Waals surface area contributed by atoms with Crippen LogP contribution in [0, 0.1) is 22.7 Å². The lowest BCUT2D eigenvalue weighted by atomic mass is 9.66. The van der Waals surface area contributed by atoms with Crippen LogP contribution in [0.4, 0.5) is 0 Å². The summed E-state index contributed by atoms with van der Waals surface area (Å²) in [4.78, 5) is 83.2. The van der Waals surface area contributed by atoms with Gasteiger partial charge in [-0.15, -0.1) is 0 Å². The summed E-state index contributed by atoms with van der Waals surface area (Å²) < 4.78 is 9.89. The monoisotopic (exact) mass is 586 g/mol. The fourth-order valence-corrected chi connectivity index (χ4v) is 6.70. The Bertz CT molecular complexity index is 1120. The molecule has 0 N–H and O–H groups in total. The first kappa shape index (κ1) is 33.2. The van der Waals surface area contributed by atoms with E-state index in [1.807, 2.05) is 51.3 Å². The molecule has 42 heavy (non-hydrogen) atoms. The molecule has 2 atom stereocenters. The van der Waals surface area contributed by atoms with Crippen LogP contribution in [0.25, 0.3) is 0 Å². The van der Waals surface area contributed by atoms with Crippen molar-refractivity contribution < 1.29 is 38.2 Å². The van der Waals surface area contributed by atoms with Gasteiger partial charge in [-0.2, -0.15) is 0 Å². The highest BCUT2D eigenvalue weighted by molar-refractivity contribution is 6.26. The van der Waals surface area contributed by atoms with E-state index in [0.717, 1.165) is 0 Å². The zero-order valence-corrected chi connectivity index (χ0v) is 26.4. The number of esters is 2. The van der Waals surface area contributed by atoms with Gasteiger partial charge < -0.3 is 19.3 Å². The average Bonchev–Trinajstić information content (AvgIpc) is 2.91. The lowest BCUT2D eigenvalue weighted by Crippen LogP contribution is -2.53. The molecule has 2 aliphatic carbocycles. The van der Waals surface area contributed by atoms with Gasteiger partial charge in [0.1, 0.15) is 11.8 Å². The van der Waals surface area contributed by atoms with Gasteiger partial charge >= 0.3 is 11.9 Å². The fraction of sp³-hybridized carbons (Fsp3) is 0.688. The van der Waals surface area contributed by atoms with Crippen LogP contribution in [-0.4, -0.2) is 85.3 Å². The molecule has 232 valence electrons. The second-order valence-electron chi connectivity index (χ2n) is 12.9. The molecule has 0 radical (unpaired) electrons. The quantitative estimate of drug-likeness (QED) is 0.213. The van der Waals surface area contributed by atoms with Crippen molar-refractivity contribution in [2.75, 3.05) is 40.4 Å². The molecule has 1 fully saturated rings. The first-order valence-corrected chi connectivity index (χ1v) is 14.9. The molecule has 10 nitrogen and oxygen atoms in total. The van der Waals surface area contributed by atoms with E-state index in [0.29, 0.717) is 63.3 Å². The number of piperazine rings is 1. The topological polar surface area (TPSA) is 127 Å². The summed E-state index contributed by atoms with van der Waals surface area (Å²) in [6, 6.07) is 0. The van der Waals surface area contributed by atoms with Gasteiger partial charge in [0.25, 0.3) is 0 Å². The molecule has 0 amide bonds. The molecule has 1 saturated heterocycles. The number of carbonyl (C=O) groups is 6. The zero-order chi connectivity index (χ0) is 31.6. The van der Waals surface area contributed by atoms with Crippen LogP contribution in [0.3, 0.4) is 0 Å². The number of ether oxygens (including phenoxy) is 2. The van der Waals surface area contributed by atoms with Gasteiger partial charge in [0, 0.05) is 50.4 Å². The van der Waals surface area contributed by atoms with Crippen LogP contribution >= 0.6 is 0 Å². The van der Waals surface area contributed by atoms with Crippen molar-refractivity contribution in [2.24, 2.45) is 22.7 Å². The van der Waals surface area contributed by atoms with Gasteiger partial charge in [0.05, 0.1) is 25.4 Å². The number of carbonyl (C=O) groups excluding carboxylic acids is 6. The first-order chi connectivity index (χ1) is 19.7. The predicted octanol–water partition coefficient (Wildman–Crippen LogP) is 3.43. The smallest absolute Gasteiger partial charge is 0.317 e. The van der Waals surface area contributed by atoms with E-state index in [-0.39, 0.29) is 35.6 Å². The Balaban J connectivity index is 2.00. The summed E-state index contributed by atoms with van der Waals surface area (Å²) in [5, 5.41) is 0. The lowest BCUT2D eigenvalue weighted by molar-refractivity contribution is -0.156. The SMILES string of the molecule is CCCC(=O)C1=C(N2CCN(C3=C(C(=O)CCC)C(=O)[C@H](C(=O)OC)C(C)(C)C3)CC2)CC(C)(C)[C@@H](C(=O)OC)C1=O. The van der Waals surface area contributed by atoms with E-state index in [4.69, 9.17) is 9.47 Å². The van der Waals surface area contributed by atoms with Crippen molar-refractivity contribution in [3.63, 3.8) is 0 Å². The van der Waals surface area contributed by atoms with Gasteiger partial charge in [-0.25, -0.2) is 0 Å². The van der Waals surface area contributed by atoms with Crippen LogP contribution in [-0.2, 0) is 38.2 Å². The molecule has 0 bridgehead atoms. The summed E-state index contributed by atoms with van der Waals surface area (Å²) in [6.07, 6.45) is 2.27. The number of nitrogens with zero attached hydrogens (tertiary/aromatic N) is 2. The molecule has 0 aromatic carbocycles. The number of hydrogen-bond donors (Lipinski definition) is 0. The second kappa shape index (κ2) is 12.9. The number of Topliss-reactive ketones (excluding diaryl/α,β-unsaturated/α-hetero) is 4. The third-order valence-corrected chi connectivity index (χ3v) is 8.83. The van der Waals surface area contributed by atoms with Gasteiger partial charge in [-0.3, -0.25) is 28.8 Å². The number of hydrogen-bond acceptors (Lipinski definition) is 10. The van der Waals surface area contributed by atoms with Crippen LogP contribution in [0.15, 0.2) is 22.5 Å². The van der Waals surface area contributed by atoms with Crippen LogP contribution in [0.5, 0.6) is 0 Å². The third-order valence-electron chi connectivity index (χ3n) is 8.83. The molecule has 0 saturated carbocycles. The standard InChI is InChI=1S/C32H46N2O8/c1-9-11-21(35)23-19(17-31(3,4)25(27(23)37)29(39)41-7)33-13-15-34(16-14-33)20-18-32(5,6)26(30(40)42-8)28(38)24(20)22(36)12-10-2/h25-26H,9-18H2,1-8H3/t25-,26-/m1/s1. The fourth-order valence-electron chi connectivity index (χ4n) is 6.70. The summed E-state index contributed by atoms with van der Waals surface area (Å²) >= 11 is 0. The Labute approximate surface area is 248 Å². The molecule has 1 heterocycles. The van der Waals surface area contributed by atoms with Crippen LogP contribution in [0.2, 0.25) is 0 Å². The van der Waals surface area contributed by atoms with Crippen molar-refractivity contribution in [1.29, 1.82) is 0 Å². The summed E-state index contributed by atoms with van der Waals surface area (Å²) in [7, 11) is 2.49. The third kappa shape index (κ3) is 6.22. The van der Waals surface area contributed by atoms with E-state index in [2.05, 4.69) is 0 Å². The predicted molar refractivity (Wildman–Crippen MR) is 155 cm³/mol. The van der Waals surface area contributed by atoms with Gasteiger partial charge in [-0.1, -0.05) is 41.5 Å². The Kier molecular flexibility index (Phi) is 10.2. The highest BCUT2D eigenvalue weighted by Crippen LogP contribution is 2.46. The number of methoxy groups -OCH3 is 2. The normalized spacial score (nSPS) is 24.1. The highest BCUT2D eigenvalue weighted by atomic mass is 16.5. The maximum Gasteiger partial charge on any atom is 0.317 e.